The monoisotopic (exact) mass is 523 g/mol. The first kappa shape index (κ1) is 23.2. The lowest BCUT2D eigenvalue weighted by molar-refractivity contribution is 0.0138. The lowest BCUT2D eigenvalue weighted by Gasteiger charge is -2.19. The number of rotatable bonds is 5. The van der Waals surface area contributed by atoms with Gasteiger partial charge in [-0.2, -0.15) is 13.9 Å². The van der Waals surface area contributed by atoms with Gasteiger partial charge in [0.15, 0.2) is 0 Å². The summed E-state index contributed by atoms with van der Waals surface area (Å²) in [5.41, 5.74) is 11.6. The number of aryl methyl sites for hydroxylation is 1. The highest BCUT2D eigenvalue weighted by atomic mass is 19.3. The van der Waals surface area contributed by atoms with Crippen LogP contribution in [0.2, 0.25) is 0 Å². The number of carbonyl (C=O) groups is 1. The Bertz CT molecular complexity index is 1920. The maximum Gasteiger partial charge on any atom is 0.292 e. The molecule has 0 spiro atoms. The fourth-order valence-corrected chi connectivity index (χ4v) is 5.37. The molecule has 8 nitrogen and oxygen atoms in total. The molecule has 194 valence electrons. The van der Waals surface area contributed by atoms with Crippen molar-refractivity contribution < 1.29 is 13.6 Å². The second-order valence-electron chi connectivity index (χ2n) is 9.89. The maximum atomic E-state index is 14.5. The van der Waals surface area contributed by atoms with E-state index in [2.05, 4.69) is 20.1 Å². The molecule has 0 amide bonds. The highest BCUT2D eigenvalue weighted by Crippen LogP contribution is 2.43. The number of fused-ring (bicyclic) bond motifs is 3. The molecule has 7 rings (SSSR count). The van der Waals surface area contributed by atoms with E-state index in [4.69, 9.17) is 5.73 Å². The van der Waals surface area contributed by atoms with Gasteiger partial charge >= 0.3 is 0 Å². The van der Waals surface area contributed by atoms with Gasteiger partial charge in [0.25, 0.3) is 5.92 Å². The van der Waals surface area contributed by atoms with Gasteiger partial charge in [0.2, 0.25) is 5.78 Å². The molecule has 1 aliphatic rings. The van der Waals surface area contributed by atoms with Gasteiger partial charge in [-0.25, -0.2) is 9.67 Å². The quantitative estimate of drug-likeness (QED) is 0.260. The number of hydrogen-bond donors (Lipinski definition) is 3. The summed E-state index contributed by atoms with van der Waals surface area (Å²) in [7, 11) is 0. The van der Waals surface area contributed by atoms with Crippen LogP contribution >= 0.6 is 0 Å². The van der Waals surface area contributed by atoms with Gasteiger partial charge in [-0.15, -0.1) is 0 Å². The Morgan fingerprint density at radius 1 is 1.05 bits per heavy atom. The Balaban J connectivity index is 1.16. The van der Waals surface area contributed by atoms with Gasteiger partial charge in [0.1, 0.15) is 11.6 Å². The van der Waals surface area contributed by atoms with Gasteiger partial charge < -0.3 is 20.6 Å². The lowest BCUT2D eigenvalue weighted by Crippen LogP contribution is -2.26. The van der Waals surface area contributed by atoms with E-state index >= 15 is 0 Å². The molecule has 0 saturated heterocycles. The van der Waals surface area contributed by atoms with E-state index in [9.17, 15) is 13.6 Å². The van der Waals surface area contributed by atoms with Crippen LogP contribution in [0.15, 0.2) is 72.9 Å². The molecule has 39 heavy (non-hydrogen) atoms. The summed E-state index contributed by atoms with van der Waals surface area (Å²) in [6.45, 7) is 1.84. The lowest BCUT2D eigenvalue weighted by atomic mass is 10.1. The van der Waals surface area contributed by atoms with E-state index in [0.717, 1.165) is 33.3 Å². The van der Waals surface area contributed by atoms with Crippen LogP contribution < -0.4 is 10.6 Å². The Hall–Kier alpha value is -4.99. The SMILES string of the molecule is Cc1nc2ccc(-n3ncc(C(=O)c4cc5ccc(CN6CC(F)(F)c7ccccc76)cc5[nH]4)c3N)cc2[nH]1. The van der Waals surface area contributed by atoms with Crippen LogP contribution in [0.5, 0.6) is 0 Å². The number of para-hydroxylation sites is 1. The molecule has 4 N–H and O–H groups in total. The third-order valence-corrected chi connectivity index (χ3v) is 7.21. The van der Waals surface area contributed by atoms with Gasteiger partial charge in [0.05, 0.1) is 40.7 Å². The summed E-state index contributed by atoms with van der Waals surface area (Å²) >= 11 is 0. The fraction of sp³-hybridized carbons (Fsp3) is 0.138. The third-order valence-electron chi connectivity index (χ3n) is 7.21. The van der Waals surface area contributed by atoms with E-state index in [1.807, 2.05) is 43.3 Å². The Morgan fingerprint density at radius 3 is 2.77 bits per heavy atom. The van der Waals surface area contributed by atoms with Crippen LogP contribution in [-0.2, 0) is 12.5 Å². The second-order valence-corrected chi connectivity index (χ2v) is 9.89. The van der Waals surface area contributed by atoms with Gasteiger partial charge in [-0.1, -0.05) is 30.3 Å². The predicted molar refractivity (Wildman–Crippen MR) is 145 cm³/mol. The van der Waals surface area contributed by atoms with Crippen molar-refractivity contribution >= 4 is 39.2 Å². The molecule has 0 fully saturated rings. The standard InChI is InChI=1S/C29H23F2N7O/c1-16-34-22-9-8-19(12-24(22)35-16)38-28(32)20(13-33-38)27(39)25-11-18-7-6-17(10-23(18)36-25)14-37-15-29(30,31)21-4-2-3-5-26(21)37/h2-13,36H,14-15,32H2,1H3,(H,34,35). The zero-order valence-corrected chi connectivity index (χ0v) is 20.9. The second kappa shape index (κ2) is 8.26. The normalized spacial score (nSPS) is 14.4. The number of alkyl halides is 2. The Kier molecular flexibility index (Phi) is 4.90. The number of halogens is 2. The van der Waals surface area contributed by atoms with Crippen molar-refractivity contribution in [1.82, 2.24) is 24.7 Å². The highest BCUT2D eigenvalue weighted by Gasteiger charge is 2.43. The minimum absolute atomic E-state index is 0.0524. The topological polar surface area (TPSA) is 109 Å². The third kappa shape index (κ3) is 3.75. The van der Waals surface area contributed by atoms with E-state index < -0.39 is 5.92 Å². The summed E-state index contributed by atoms with van der Waals surface area (Å²) in [4.78, 5) is 25.8. The van der Waals surface area contributed by atoms with E-state index in [1.54, 1.807) is 29.2 Å². The average Bonchev–Trinajstić information content (AvgIpc) is 3.66. The Morgan fingerprint density at radius 2 is 1.90 bits per heavy atom. The largest absolute Gasteiger partial charge is 0.383 e. The molecular weight excluding hydrogens is 500 g/mol. The van der Waals surface area contributed by atoms with Crippen LogP contribution in [0.1, 0.15) is 33.0 Å². The number of anilines is 2. The minimum Gasteiger partial charge on any atom is -0.383 e. The molecule has 10 heteroatoms. The molecule has 0 saturated carbocycles. The van der Waals surface area contributed by atoms with Gasteiger partial charge in [0, 0.05) is 28.7 Å². The van der Waals surface area contributed by atoms with Gasteiger partial charge in [-0.3, -0.25) is 4.79 Å². The molecule has 0 atom stereocenters. The average molecular weight is 524 g/mol. The number of hydrogen-bond acceptors (Lipinski definition) is 5. The molecule has 0 aliphatic carbocycles. The fourth-order valence-electron chi connectivity index (χ4n) is 5.37. The number of carbonyl (C=O) groups excluding carboxylic acids is 1. The van der Waals surface area contributed by atoms with Crippen molar-refractivity contribution in [3.8, 4) is 5.69 Å². The predicted octanol–water partition coefficient (Wildman–Crippen LogP) is 5.46. The first-order chi connectivity index (χ1) is 18.8. The van der Waals surface area contributed by atoms with Crippen molar-refractivity contribution in [2.75, 3.05) is 17.2 Å². The molecule has 4 heterocycles. The van der Waals surface area contributed by atoms with Crippen molar-refractivity contribution in [1.29, 1.82) is 0 Å². The summed E-state index contributed by atoms with van der Waals surface area (Å²) < 4.78 is 30.5. The first-order valence-corrected chi connectivity index (χ1v) is 12.5. The summed E-state index contributed by atoms with van der Waals surface area (Å²) in [5, 5.41) is 5.19. The minimum atomic E-state index is -2.89. The number of ketones is 1. The number of imidazole rings is 1. The highest BCUT2D eigenvalue weighted by molar-refractivity contribution is 6.12. The number of nitrogen functional groups attached to an aromatic ring is 1. The van der Waals surface area contributed by atoms with Crippen molar-refractivity contribution in [3.63, 3.8) is 0 Å². The van der Waals surface area contributed by atoms with E-state index in [1.165, 1.54) is 16.9 Å². The molecule has 0 bridgehead atoms. The summed E-state index contributed by atoms with van der Waals surface area (Å²) in [6.07, 6.45) is 1.46. The zero-order chi connectivity index (χ0) is 26.9. The molecule has 3 aromatic carbocycles. The Labute approximate surface area is 221 Å². The number of nitrogens with zero attached hydrogens (tertiary/aromatic N) is 4. The number of H-pyrrole nitrogens is 2. The summed E-state index contributed by atoms with van der Waals surface area (Å²) in [6, 6.07) is 19.6. The molecular formula is C29H23F2N7O. The van der Waals surface area contributed by atoms with Crippen molar-refractivity contribution in [2.45, 2.75) is 19.4 Å². The first-order valence-electron chi connectivity index (χ1n) is 12.5. The molecule has 6 aromatic rings. The maximum absolute atomic E-state index is 14.5. The molecule has 3 aromatic heterocycles. The van der Waals surface area contributed by atoms with Crippen LogP contribution in [-0.4, -0.2) is 37.1 Å². The summed E-state index contributed by atoms with van der Waals surface area (Å²) in [5.74, 6) is -2.15. The van der Waals surface area contributed by atoms with Crippen molar-refractivity contribution in [2.24, 2.45) is 0 Å². The smallest absolute Gasteiger partial charge is 0.292 e. The van der Waals surface area contributed by atoms with Crippen LogP contribution in [0.3, 0.4) is 0 Å². The molecule has 1 aliphatic heterocycles. The number of benzene rings is 3. The van der Waals surface area contributed by atoms with E-state index in [0.29, 0.717) is 23.6 Å². The molecule has 0 radical (unpaired) electrons. The van der Waals surface area contributed by atoms with Gasteiger partial charge in [-0.05, 0) is 48.9 Å². The van der Waals surface area contributed by atoms with E-state index in [-0.39, 0.29) is 29.3 Å². The number of aromatic nitrogens is 5. The number of nitrogens with two attached hydrogens (primary N) is 1. The van der Waals surface area contributed by atoms with Crippen molar-refractivity contribution in [3.05, 3.63) is 101 Å². The number of nitrogens with one attached hydrogen (secondary N) is 2. The van der Waals surface area contributed by atoms with Crippen LogP contribution in [0.25, 0.3) is 27.6 Å². The van der Waals surface area contributed by atoms with Crippen LogP contribution in [0.4, 0.5) is 20.3 Å². The van der Waals surface area contributed by atoms with Crippen LogP contribution in [0, 0.1) is 6.92 Å². The zero-order valence-electron chi connectivity index (χ0n) is 20.9. The molecule has 0 unspecified atom stereocenters. The number of aromatic amines is 2.